The van der Waals surface area contributed by atoms with Crippen LogP contribution in [0, 0.1) is 0 Å². The van der Waals surface area contributed by atoms with Crippen LogP contribution in [0.1, 0.15) is 10.5 Å². The first-order valence-corrected chi connectivity index (χ1v) is 10.1. The maximum absolute atomic E-state index is 12.5. The number of nitrogens with one attached hydrogen (secondary N) is 2. The Labute approximate surface area is 189 Å². The SMILES string of the molecule is O=C(Nc1cnn(COc2ccc(Br)cc2)c1)c1cc(-c2ccc(OC(F)F)cc2)n[nH]1. The van der Waals surface area contributed by atoms with Crippen molar-refractivity contribution in [2.45, 2.75) is 13.3 Å². The minimum atomic E-state index is -2.89. The molecule has 4 aromatic rings. The van der Waals surface area contributed by atoms with Crippen LogP contribution in [-0.4, -0.2) is 32.5 Å². The number of ether oxygens (including phenoxy) is 2. The highest BCUT2D eigenvalue weighted by Gasteiger charge is 2.13. The van der Waals surface area contributed by atoms with Crippen molar-refractivity contribution >= 4 is 27.5 Å². The molecule has 0 atom stereocenters. The van der Waals surface area contributed by atoms with E-state index >= 15 is 0 Å². The predicted molar refractivity (Wildman–Crippen MR) is 116 cm³/mol. The van der Waals surface area contributed by atoms with E-state index in [1.807, 2.05) is 24.3 Å². The standard InChI is InChI=1S/C21H16BrF2N5O3/c22-14-3-7-16(8-4-14)31-12-29-11-15(10-25-29)26-20(30)19-9-18(27-28-19)13-1-5-17(6-2-13)32-21(23)24/h1-11,21H,12H2,(H,26,30)(H,27,28). The van der Waals surface area contributed by atoms with Gasteiger partial charge in [-0.05, 0) is 54.6 Å². The average molecular weight is 504 g/mol. The number of nitrogens with zero attached hydrogens (tertiary/aromatic N) is 3. The van der Waals surface area contributed by atoms with E-state index in [1.165, 1.54) is 18.3 Å². The maximum atomic E-state index is 12.5. The van der Waals surface area contributed by atoms with Crippen molar-refractivity contribution < 1.29 is 23.0 Å². The van der Waals surface area contributed by atoms with E-state index in [0.29, 0.717) is 22.7 Å². The molecule has 32 heavy (non-hydrogen) atoms. The molecule has 2 N–H and O–H groups in total. The van der Waals surface area contributed by atoms with Gasteiger partial charge in [0.15, 0.2) is 6.73 Å². The Bertz CT molecular complexity index is 1190. The average Bonchev–Trinajstić information content (AvgIpc) is 3.43. The second kappa shape index (κ2) is 9.60. The minimum absolute atomic E-state index is 0.0402. The van der Waals surface area contributed by atoms with Gasteiger partial charge in [0, 0.05) is 10.0 Å². The van der Waals surface area contributed by atoms with Crippen LogP contribution in [0.3, 0.4) is 0 Å². The largest absolute Gasteiger partial charge is 0.471 e. The minimum Gasteiger partial charge on any atom is -0.471 e. The molecule has 8 nitrogen and oxygen atoms in total. The quantitative estimate of drug-likeness (QED) is 0.355. The Morgan fingerprint density at radius 2 is 1.84 bits per heavy atom. The van der Waals surface area contributed by atoms with E-state index in [-0.39, 0.29) is 18.2 Å². The van der Waals surface area contributed by atoms with E-state index in [0.717, 1.165) is 4.47 Å². The Kier molecular flexibility index (Phi) is 6.45. The number of H-pyrrole nitrogens is 1. The van der Waals surface area contributed by atoms with E-state index in [4.69, 9.17) is 4.74 Å². The highest BCUT2D eigenvalue weighted by molar-refractivity contribution is 9.10. The number of aromatic nitrogens is 4. The number of halogens is 3. The first-order chi connectivity index (χ1) is 15.5. The molecule has 0 spiro atoms. The van der Waals surface area contributed by atoms with Crippen molar-refractivity contribution in [1.82, 2.24) is 20.0 Å². The first-order valence-electron chi connectivity index (χ1n) is 9.29. The molecule has 2 aromatic carbocycles. The zero-order chi connectivity index (χ0) is 22.5. The third-order valence-corrected chi connectivity index (χ3v) is 4.79. The Morgan fingerprint density at radius 3 is 2.56 bits per heavy atom. The second-order valence-electron chi connectivity index (χ2n) is 6.52. The van der Waals surface area contributed by atoms with Crippen LogP contribution in [-0.2, 0) is 6.73 Å². The summed E-state index contributed by atoms with van der Waals surface area (Å²) >= 11 is 3.36. The molecule has 0 unspecified atom stereocenters. The highest BCUT2D eigenvalue weighted by atomic mass is 79.9. The van der Waals surface area contributed by atoms with Gasteiger partial charge in [0.05, 0.1) is 23.8 Å². The molecule has 164 valence electrons. The van der Waals surface area contributed by atoms with Gasteiger partial charge in [-0.2, -0.15) is 19.0 Å². The smallest absolute Gasteiger partial charge is 0.387 e. The summed E-state index contributed by atoms with van der Waals surface area (Å²) in [5.41, 5.74) is 1.84. The van der Waals surface area contributed by atoms with Gasteiger partial charge in [0.1, 0.15) is 17.2 Å². The fourth-order valence-corrected chi connectivity index (χ4v) is 3.03. The molecule has 0 radical (unpaired) electrons. The lowest BCUT2D eigenvalue weighted by Crippen LogP contribution is -2.12. The normalized spacial score (nSPS) is 10.9. The lowest BCUT2D eigenvalue weighted by atomic mass is 10.1. The molecule has 1 amide bonds. The number of benzene rings is 2. The number of hydrogen-bond donors (Lipinski definition) is 2. The summed E-state index contributed by atoms with van der Waals surface area (Å²) in [6, 6.07) is 14.9. The Morgan fingerprint density at radius 1 is 1.12 bits per heavy atom. The molecule has 0 aliphatic heterocycles. The number of carbonyl (C=O) groups excluding carboxylic acids is 1. The van der Waals surface area contributed by atoms with Crippen LogP contribution in [0.5, 0.6) is 11.5 Å². The molecule has 2 heterocycles. The molecule has 11 heteroatoms. The number of rotatable bonds is 8. The van der Waals surface area contributed by atoms with Crippen molar-refractivity contribution in [2.24, 2.45) is 0 Å². The molecular weight excluding hydrogens is 488 g/mol. The zero-order valence-electron chi connectivity index (χ0n) is 16.3. The lowest BCUT2D eigenvalue weighted by molar-refractivity contribution is -0.0498. The summed E-state index contributed by atoms with van der Waals surface area (Å²) in [6.07, 6.45) is 3.14. The number of carbonyl (C=O) groups is 1. The van der Waals surface area contributed by atoms with Crippen LogP contribution in [0.2, 0.25) is 0 Å². The predicted octanol–water partition coefficient (Wildman–Crippen LogP) is 4.93. The van der Waals surface area contributed by atoms with Gasteiger partial charge in [-0.3, -0.25) is 9.89 Å². The molecule has 0 aliphatic rings. The number of amides is 1. The number of anilines is 1. The highest BCUT2D eigenvalue weighted by Crippen LogP contribution is 2.23. The van der Waals surface area contributed by atoms with Crippen LogP contribution >= 0.6 is 15.9 Å². The van der Waals surface area contributed by atoms with Crippen molar-refractivity contribution in [3.63, 3.8) is 0 Å². The van der Waals surface area contributed by atoms with Crippen LogP contribution in [0.4, 0.5) is 14.5 Å². The summed E-state index contributed by atoms with van der Waals surface area (Å²) in [5.74, 6) is 0.321. The maximum Gasteiger partial charge on any atom is 0.387 e. The van der Waals surface area contributed by atoms with Gasteiger partial charge in [-0.1, -0.05) is 15.9 Å². The Hall–Kier alpha value is -3.73. The topological polar surface area (TPSA) is 94.1 Å². The number of hydrogen-bond acceptors (Lipinski definition) is 5. The molecule has 0 aliphatic carbocycles. The van der Waals surface area contributed by atoms with E-state index in [1.54, 1.807) is 29.1 Å². The molecular formula is C21H16BrF2N5O3. The summed E-state index contributed by atoms with van der Waals surface area (Å²) in [5, 5.41) is 13.6. The number of aromatic amines is 1. The van der Waals surface area contributed by atoms with Gasteiger partial charge >= 0.3 is 6.61 Å². The lowest BCUT2D eigenvalue weighted by Gasteiger charge is -2.05. The van der Waals surface area contributed by atoms with Gasteiger partial charge < -0.3 is 14.8 Å². The fourth-order valence-electron chi connectivity index (χ4n) is 2.76. The van der Waals surface area contributed by atoms with Gasteiger partial charge in [0.25, 0.3) is 5.91 Å². The molecule has 0 saturated carbocycles. The van der Waals surface area contributed by atoms with E-state index in [9.17, 15) is 13.6 Å². The summed E-state index contributed by atoms with van der Waals surface area (Å²) in [4.78, 5) is 12.5. The molecule has 0 fully saturated rings. The molecule has 0 saturated heterocycles. The summed E-state index contributed by atoms with van der Waals surface area (Å²) in [7, 11) is 0. The number of alkyl halides is 2. The second-order valence-corrected chi connectivity index (χ2v) is 7.44. The van der Waals surface area contributed by atoms with Crippen molar-refractivity contribution in [3.05, 3.63) is 77.2 Å². The van der Waals surface area contributed by atoms with Crippen molar-refractivity contribution in [2.75, 3.05) is 5.32 Å². The fraction of sp³-hybridized carbons (Fsp3) is 0.0952. The van der Waals surface area contributed by atoms with E-state index in [2.05, 4.69) is 41.3 Å². The zero-order valence-corrected chi connectivity index (χ0v) is 17.9. The molecule has 2 aromatic heterocycles. The Balaban J connectivity index is 1.34. The van der Waals surface area contributed by atoms with Crippen LogP contribution in [0.15, 0.2) is 71.5 Å². The first kappa shape index (κ1) is 21.5. The van der Waals surface area contributed by atoms with Crippen LogP contribution < -0.4 is 14.8 Å². The third-order valence-electron chi connectivity index (χ3n) is 4.27. The van der Waals surface area contributed by atoms with Crippen LogP contribution in [0.25, 0.3) is 11.3 Å². The third kappa shape index (κ3) is 5.49. The van der Waals surface area contributed by atoms with Gasteiger partial charge in [-0.25, -0.2) is 4.68 Å². The molecule has 0 bridgehead atoms. The summed E-state index contributed by atoms with van der Waals surface area (Å²) < 4.78 is 36.9. The summed E-state index contributed by atoms with van der Waals surface area (Å²) in [6.45, 7) is -2.71. The molecule has 4 rings (SSSR count). The van der Waals surface area contributed by atoms with E-state index < -0.39 is 12.5 Å². The monoisotopic (exact) mass is 503 g/mol. The van der Waals surface area contributed by atoms with Crippen molar-refractivity contribution in [1.29, 1.82) is 0 Å². The van der Waals surface area contributed by atoms with Gasteiger partial charge in [0.2, 0.25) is 0 Å². The van der Waals surface area contributed by atoms with Gasteiger partial charge in [-0.15, -0.1) is 0 Å². The van der Waals surface area contributed by atoms with Crippen molar-refractivity contribution in [3.8, 4) is 22.8 Å².